The molecule has 3 aromatic heterocycles. The molecule has 4 N–H and O–H groups in total. The summed E-state index contributed by atoms with van der Waals surface area (Å²) >= 11 is 0. The number of likely N-dealkylation sites (N-methyl/N-ethyl adjacent to an activating group) is 1. The molecule has 0 aliphatic rings. The normalized spacial score (nSPS) is 12.5. The minimum atomic E-state index is -3.74. The van der Waals surface area contributed by atoms with Crippen LogP contribution in [-0.4, -0.2) is 53.6 Å². The van der Waals surface area contributed by atoms with Crippen LogP contribution in [0.5, 0.6) is 0 Å². The van der Waals surface area contributed by atoms with Gasteiger partial charge in [-0.2, -0.15) is 0 Å². The van der Waals surface area contributed by atoms with Gasteiger partial charge in [-0.3, -0.25) is 4.79 Å². The summed E-state index contributed by atoms with van der Waals surface area (Å²) in [6.07, 6.45) is 5.85. The Morgan fingerprint density at radius 1 is 1.20 bits per heavy atom. The monoisotopic (exact) mass is 497 g/mol. The van der Waals surface area contributed by atoms with E-state index in [-0.39, 0.29) is 17.5 Å². The minimum absolute atomic E-state index is 0.0606. The fraction of sp³-hybridized carbons (Fsp3) is 0.217. The number of benzene rings is 1. The van der Waals surface area contributed by atoms with E-state index >= 15 is 0 Å². The first kappa shape index (κ1) is 24.2. The Morgan fingerprint density at radius 3 is 2.69 bits per heavy atom. The predicted molar refractivity (Wildman–Crippen MR) is 132 cm³/mol. The third kappa shape index (κ3) is 4.84. The molecule has 12 heteroatoms. The van der Waals surface area contributed by atoms with E-state index in [1.165, 1.54) is 18.2 Å². The van der Waals surface area contributed by atoms with E-state index in [0.29, 0.717) is 17.0 Å². The standard InChI is InChI=1S/C23H24FN7O3S/c1-12-10-28-23(29-16-6-5-7-17(18(16)24)35(4,33)34)30-19(12)15-11-27-20-14(15)8-9-26-21(20)31-22(32)13(2)25-3/h5-11,13,25,27H,1-4H3,(H,26,31,32)(H,28,29,30)/t13-/m1/s1. The first-order valence-electron chi connectivity index (χ1n) is 10.6. The summed E-state index contributed by atoms with van der Waals surface area (Å²) in [5.41, 5.74) is 2.62. The van der Waals surface area contributed by atoms with Crippen LogP contribution in [0.3, 0.4) is 0 Å². The van der Waals surface area contributed by atoms with Crippen LogP contribution in [-0.2, 0) is 14.6 Å². The van der Waals surface area contributed by atoms with Crippen LogP contribution < -0.4 is 16.0 Å². The predicted octanol–water partition coefficient (Wildman–Crippen LogP) is 3.16. The summed E-state index contributed by atoms with van der Waals surface area (Å²) in [4.78, 5) is 28.1. The number of aryl methyl sites for hydroxylation is 1. The van der Waals surface area contributed by atoms with Crippen molar-refractivity contribution < 1.29 is 17.6 Å². The molecule has 0 aliphatic heterocycles. The second-order valence-electron chi connectivity index (χ2n) is 8.02. The van der Waals surface area contributed by atoms with Gasteiger partial charge in [0.25, 0.3) is 0 Å². The van der Waals surface area contributed by atoms with E-state index < -0.39 is 26.6 Å². The number of amides is 1. The molecular formula is C23H24FN7O3S. The zero-order chi connectivity index (χ0) is 25.3. The number of nitrogens with one attached hydrogen (secondary N) is 4. The summed E-state index contributed by atoms with van der Waals surface area (Å²) in [6, 6.07) is 5.44. The van der Waals surface area contributed by atoms with Gasteiger partial charge in [0.05, 0.1) is 22.9 Å². The summed E-state index contributed by atoms with van der Waals surface area (Å²) in [7, 11) is -2.05. The highest BCUT2D eigenvalue weighted by molar-refractivity contribution is 7.90. The average molecular weight is 498 g/mol. The molecule has 0 saturated heterocycles. The molecule has 0 aliphatic carbocycles. The second-order valence-corrected chi connectivity index (χ2v) is 10.0. The van der Waals surface area contributed by atoms with Crippen LogP contribution in [0.1, 0.15) is 12.5 Å². The highest BCUT2D eigenvalue weighted by atomic mass is 32.2. The first-order chi connectivity index (χ1) is 16.6. The Balaban J connectivity index is 1.72. The van der Waals surface area contributed by atoms with E-state index in [9.17, 15) is 17.6 Å². The quantitative estimate of drug-likeness (QED) is 0.305. The number of aromatic nitrogens is 4. The summed E-state index contributed by atoms with van der Waals surface area (Å²) in [5, 5.41) is 9.22. The smallest absolute Gasteiger partial charge is 0.242 e. The zero-order valence-electron chi connectivity index (χ0n) is 19.5. The Morgan fingerprint density at radius 2 is 1.97 bits per heavy atom. The molecule has 1 atom stereocenters. The molecule has 0 fully saturated rings. The van der Waals surface area contributed by atoms with Gasteiger partial charge in [0.1, 0.15) is 4.90 Å². The van der Waals surface area contributed by atoms with Gasteiger partial charge in [-0.05, 0) is 44.7 Å². The maximum atomic E-state index is 14.8. The van der Waals surface area contributed by atoms with Crippen molar-refractivity contribution in [2.24, 2.45) is 0 Å². The lowest BCUT2D eigenvalue weighted by Crippen LogP contribution is -2.35. The van der Waals surface area contributed by atoms with Crippen molar-refractivity contribution in [2.45, 2.75) is 24.8 Å². The molecule has 0 bridgehead atoms. The lowest BCUT2D eigenvalue weighted by atomic mass is 10.1. The number of rotatable bonds is 7. The molecule has 0 unspecified atom stereocenters. The Kier molecular flexibility index (Phi) is 6.50. The van der Waals surface area contributed by atoms with Crippen molar-refractivity contribution in [2.75, 3.05) is 23.9 Å². The van der Waals surface area contributed by atoms with Crippen LogP contribution >= 0.6 is 0 Å². The van der Waals surface area contributed by atoms with Gasteiger partial charge in [-0.25, -0.2) is 27.8 Å². The number of sulfone groups is 1. The first-order valence-corrected chi connectivity index (χ1v) is 12.5. The summed E-state index contributed by atoms with van der Waals surface area (Å²) in [5.74, 6) is -0.665. The molecule has 1 aromatic carbocycles. The lowest BCUT2D eigenvalue weighted by Gasteiger charge is -2.12. The number of pyridine rings is 1. The number of nitrogens with zero attached hydrogens (tertiary/aromatic N) is 3. The van der Waals surface area contributed by atoms with Crippen molar-refractivity contribution in [3.05, 3.63) is 54.2 Å². The van der Waals surface area contributed by atoms with E-state index in [1.807, 2.05) is 6.92 Å². The molecule has 0 spiro atoms. The van der Waals surface area contributed by atoms with Gasteiger partial charge in [-0.15, -0.1) is 0 Å². The molecule has 10 nitrogen and oxygen atoms in total. The molecule has 35 heavy (non-hydrogen) atoms. The number of hydrogen-bond donors (Lipinski definition) is 4. The number of hydrogen-bond acceptors (Lipinski definition) is 8. The Bertz CT molecular complexity index is 1540. The van der Waals surface area contributed by atoms with Crippen LogP contribution in [0.4, 0.5) is 21.8 Å². The molecule has 4 aromatic rings. The highest BCUT2D eigenvalue weighted by Crippen LogP contribution is 2.33. The molecule has 1 amide bonds. The van der Waals surface area contributed by atoms with Crippen molar-refractivity contribution in [3.8, 4) is 11.3 Å². The van der Waals surface area contributed by atoms with Gasteiger partial charge in [0, 0.05) is 35.8 Å². The molecule has 4 rings (SSSR count). The van der Waals surface area contributed by atoms with E-state index in [0.717, 1.165) is 22.8 Å². The van der Waals surface area contributed by atoms with E-state index in [1.54, 1.807) is 38.6 Å². The Hall–Kier alpha value is -3.90. The van der Waals surface area contributed by atoms with Crippen LogP contribution in [0.15, 0.2) is 47.8 Å². The van der Waals surface area contributed by atoms with Crippen molar-refractivity contribution in [1.29, 1.82) is 0 Å². The summed E-state index contributed by atoms with van der Waals surface area (Å²) in [6.45, 7) is 3.57. The third-order valence-electron chi connectivity index (χ3n) is 5.51. The number of carbonyl (C=O) groups excluding carboxylic acids is 1. The largest absolute Gasteiger partial charge is 0.357 e. The number of fused-ring (bicyclic) bond motifs is 1. The SMILES string of the molecule is CN[C@H](C)C(=O)Nc1nccc2c(-c3nc(Nc4cccc(S(C)(=O)=O)c4F)ncc3C)c[nH]c12. The van der Waals surface area contributed by atoms with Crippen LogP contribution in [0, 0.1) is 12.7 Å². The number of carbonyl (C=O) groups is 1. The van der Waals surface area contributed by atoms with Crippen LogP contribution in [0.2, 0.25) is 0 Å². The van der Waals surface area contributed by atoms with Gasteiger partial charge >= 0.3 is 0 Å². The average Bonchev–Trinajstić information content (AvgIpc) is 3.25. The fourth-order valence-corrected chi connectivity index (χ4v) is 4.25. The maximum Gasteiger partial charge on any atom is 0.242 e. The maximum absolute atomic E-state index is 14.8. The molecule has 3 heterocycles. The molecular weight excluding hydrogens is 473 g/mol. The minimum Gasteiger partial charge on any atom is -0.357 e. The number of aromatic amines is 1. The molecule has 0 saturated carbocycles. The second kappa shape index (κ2) is 9.39. The number of H-pyrrole nitrogens is 1. The fourth-order valence-electron chi connectivity index (χ4n) is 3.49. The van der Waals surface area contributed by atoms with Crippen molar-refractivity contribution in [3.63, 3.8) is 0 Å². The lowest BCUT2D eigenvalue weighted by molar-refractivity contribution is -0.117. The summed E-state index contributed by atoms with van der Waals surface area (Å²) < 4.78 is 38.5. The van der Waals surface area contributed by atoms with Gasteiger partial charge < -0.3 is 20.9 Å². The zero-order valence-corrected chi connectivity index (χ0v) is 20.3. The number of anilines is 3. The van der Waals surface area contributed by atoms with Crippen molar-refractivity contribution >= 4 is 44.1 Å². The third-order valence-corrected chi connectivity index (χ3v) is 6.62. The highest BCUT2D eigenvalue weighted by Gasteiger charge is 2.19. The van der Waals surface area contributed by atoms with Gasteiger partial charge in [0.15, 0.2) is 21.5 Å². The van der Waals surface area contributed by atoms with Gasteiger partial charge in [0.2, 0.25) is 11.9 Å². The van der Waals surface area contributed by atoms with Crippen LogP contribution in [0.25, 0.3) is 22.2 Å². The van der Waals surface area contributed by atoms with Crippen molar-refractivity contribution in [1.82, 2.24) is 25.3 Å². The Labute approximate surface area is 201 Å². The molecule has 182 valence electrons. The topological polar surface area (TPSA) is 142 Å². The van der Waals surface area contributed by atoms with E-state index in [4.69, 9.17) is 0 Å². The van der Waals surface area contributed by atoms with E-state index in [2.05, 4.69) is 35.9 Å². The number of halogens is 1. The van der Waals surface area contributed by atoms with Gasteiger partial charge in [-0.1, -0.05) is 6.07 Å². The molecule has 0 radical (unpaired) electrons.